The summed E-state index contributed by atoms with van der Waals surface area (Å²) in [6, 6.07) is 7.24. The van der Waals surface area contributed by atoms with E-state index in [1.165, 1.54) is 6.20 Å². The lowest BCUT2D eigenvalue weighted by Crippen LogP contribution is -2.15. The smallest absolute Gasteiger partial charge is 0.337 e. The molecule has 2 aromatic rings. The number of nitrogens with zero attached hydrogens (tertiary/aromatic N) is 1. The molecule has 5 heteroatoms. The molecule has 1 heterocycles. The van der Waals surface area contributed by atoms with Gasteiger partial charge in [-0.1, -0.05) is 31.2 Å². The topological polar surface area (TPSA) is 82.5 Å². The number of benzene rings is 1. The van der Waals surface area contributed by atoms with Gasteiger partial charge in [0.1, 0.15) is 5.82 Å². The fraction of sp³-hybridized carbons (Fsp3) is 0.286. The number of pyridine rings is 1. The minimum absolute atomic E-state index is 0.0954. The van der Waals surface area contributed by atoms with Gasteiger partial charge in [0.2, 0.25) is 0 Å². The van der Waals surface area contributed by atoms with Crippen molar-refractivity contribution in [2.45, 2.75) is 6.92 Å². The van der Waals surface area contributed by atoms with Crippen LogP contribution in [0.2, 0.25) is 0 Å². The molecule has 5 nitrogen and oxygen atoms in total. The third-order valence-electron chi connectivity index (χ3n) is 2.96. The Balaban J connectivity index is 2.41. The molecule has 2 rings (SSSR count). The molecule has 0 fully saturated rings. The van der Waals surface area contributed by atoms with Crippen molar-refractivity contribution in [2.24, 2.45) is 5.92 Å². The van der Waals surface area contributed by atoms with E-state index in [-0.39, 0.29) is 18.1 Å². The van der Waals surface area contributed by atoms with E-state index in [0.29, 0.717) is 17.7 Å². The number of carbonyl (C=O) groups is 1. The van der Waals surface area contributed by atoms with Gasteiger partial charge in [0.15, 0.2) is 0 Å². The molecule has 0 amide bonds. The van der Waals surface area contributed by atoms with E-state index in [9.17, 15) is 4.79 Å². The number of aromatic nitrogens is 1. The van der Waals surface area contributed by atoms with Crippen LogP contribution in [-0.2, 0) is 0 Å². The Labute approximate surface area is 110 Å². The van der Waals surface area contributed by atoms with Gasteiger partial charge in [-0.25, -0.2) is 9.78 Å². The van der Waals surface area contributed by atoms with Crippen LogP contribution < -0.4 is 5.32 Å². The summed E-state index contributed by atoms with van der Waals surface area (Å²) in [5.41, 5.74) is 0.191. The molecule has 0 bridgehead atoms. The second kappa shape index (κ2) is 5.67. The third kappa shape index (κ3) is 2.82. The van der Waals surface area contributed by atoms with Crippen molar-refractivity contribution < 1.29 is 15.0 Å². The van der Waals surface area contributed by atoms with Crippen molar-refractivity contribution in [3.8, 4) is 0 Å². The predicted octanol–water partition coefficient (Wildman–Crippen LogP) is 1.97. The van der Waals surface area contributed by atoms with E-state index in [1.54, 1.807) is 12.1 Å². The molecule has 19 heavy (non-hydrogen) atoms. The molecule has 0 aliphatic carbocycles. The van der Waals surface area contributed by atoms with Gasteiger partial charge in [-0.3, -0.25) is 0 Å². The molecular formula is C14H16N2O3. The predicted molar refractivity (Wildman–Crippen MR) is 73.4 cm³/mol. The number of aliphatic hydroxyl groups excluding tert-OH is 1. The quantitative estimate of drug-likeness (QED) is 0.765. The molecule has 0 saturated heterocycles. The average Bonchev–Trinajstić information content (AvgIpc) is 2.43. The van der Waals surface area contributed by atoms with E-state index in [2.05, 4.69) is 10.3 Å². The van der Waals surface area contributed by atoms with Gasteiger partial charge in [-0.15, -0.1) is 0 Å². The highest BCUT2D eigenvalue weighted by Crippen LogP contribution is 2.24. The van der Waals surface area contributed by atoms with Gasteiger partial charge in [0, 0.05) is 30.1 Å². The van der Waals surface area contributed by atoms with Crippen LogP contribution >= 0.6 is 0 Å². The van der Waals surface area contributed by atoms with Crippen molar-refractivity contribution in [3.05, 3.63) is 36.0 Å². The second-order valence-corrected chi connectivity index (χ2v) is 4.54. The van der Waals surface area contributed by atoms with Gasteiger partial charge in [-0.05, 0) is 5.92 Å². The van der Waals surface area contributed by atoms with Gasteiger partial charge < -0.3 is 15.5 Å². The lowest BCUT2D eigenvalue weighted by atomic mass is 10.1. The second-order valence-electron chi connectivity index (χ2n) is 4.54. The zero-order valence-corrected chi connectivity index (χ0v) is 10.6. The van der Waals surface area contributed by atoms with Crippen LogP contribution in [0, 0.1) is 5.92 Å². The maximum atomic E-state index is 11.1. The zero-order chi connectivity index (χ0) is 13.8. The van der Waals surface area contributed by atoms with Crippen LogP contribution in [0.4, 0.5) is 5.82 Å². The van der Waals surface area contributed by atoms with Crippen LogP contribution in [0.1, 0.15) is 17.3 Å². The molecule has 100 valence electrons. The highest BCUT2D eigenvalue weighted by atomic mass is 16.4. The molecule has 0 aliphatic heterocycles. The molecular weight excluding hydrogens is 244 g/mol. The number of hydrogen-bond acceptors (Lipinski definition) is 4. The SMILES string of the molecule is CC(CO)CNc1ncc(C(=O)O)c2ccccc12. The number of rotatable bonds is 5. The van der Waals surface area contributed by atoms with E-state index in [4.69, 9.17) is 10.2 Å². The Bertz CT molecular complexity index is 598. The average molecular weight is 260 g/mol. The molecule has 0 spiro atoms. The standard InChI is InChI=1S/C14H16N2O3/c1-9(8-17)6-15-13-11-5-3-2-4-10(11)12(7-16-13)14(18)19/h2-5,7,9,17H,6,8H2,1H3,(H,15,16)(H,18,19). The van der Waals surface area contributed by atoms with Crippen LogP contribution in [0.3, 0.4) is 0 Å². The van der Waals surface area contributed by atoms with Crippen LogP contribution in [-0.4, -0.2) is 34.3 Å². The minimum Gasteiger partial charge on any atom is -0.478 e. The molecule has 0 radical (unpaired) electrons. The van der Waals surface area contributed by atoms with Gasteiger partial charge in [0.25, 0.3) is 0 Å². The van der Waals surface area contributed by atoms with Crippen LogP contribution in [0.15, 0.2) is 30.5 Å². The number of anilines is 1. The number of carboxylic acid groups (broad SMARTS) is 1. The summed E-state index contributed by atoms with van der Waals surface area (Å²) in [4.78, 5) is 15.3. The molecule has 3 N–H and O–H groups in total. The molecule has 1 aromatic carbocycles. The summed E-state index contributed by atoms with van der Waals surface area (Å²) in [5.74, 6) is -0.236. The Kier molecular flexibility index (Phi) is 3.97. The lowest BCUT2D eigenvalue weighted by molar-refractivity contribution is 0.0698. The molecule has 1 aromatic heterocycles. The first-order chi connectivity index (χ1) is 9.13. The van der Waals surface area contributed by atoms with Gasteiger partial charge in [-0.2, -0.15) is 0 Å². The molecule has 0 aliphatic rings. The summed E-state index contributed by atoms with van der Waals surface area (Å²) in [5, 5.41) is 22.7. The zero-order valence-electron chi connectivity index (χ0n) is 10.6. The van der Waals surface area contributed by atoms with E-state index in [1.807, 2.05) is 19.1 Å². The van der Waals surface area contributed by atoms with Crippen LogP contribution in [0.5, 0.6) is 0 Å². The number of fused-ring (bicyclic) bond motifs is 1. The summed E-state index contributed by atoms with van der Waals surface area (Å²) < 4.78 is 0. The fourth-order valence-electron chi connectivity index (χ4n) is 1.84. The summed E-state index contributed by atoms with van der Waals surface area (Å²) in [7, 11) is 0. The number of aromatic carboxylic acids is 1. The number of carboxylic acids is 1. The monoisotopic (exact) mass is 260 g/mol. The first-order valence-corrected chi connectivity index (χ1v) is 6.09. The van der Waals surface area contributed by atoms with Crippen molar-refractivity contribution in [1.29, 1.82) is 0 Å². The third-order valence-corrected chi connectivity index (χ3v) is 2.96. The Hall–Kier alpha value is -2.14. The lowest BCUT2D eigenvalue weighted by Gasteiger charge is -2.13. The van der Waals surface area contributed by atoms with Crippen molar-refractivity contribution in [2.75, 3.05) is 18.5 Å². The first kappa shape index (κ1) is 13.3. The Morgan fingerprint density at radius 2 is 2.05 bits per heavy atom. The summed E-state index contributed by atoms with van der Waals surface area (Å²) in [6.07, 6.45) is 1.36. The van der Waals surface area contributed by atoms with E-state index < -0.39 is 5.97 Å². The molecule has 0 saturated carbocycles. The minimum atomic E-state index is -0.987. The molecule has 1 atom stereocenters. The number of aliphatic hydroxyl groups is 1. The normalized spacial score (nSPS) is 12.3. The van der Waals surface area contributed by atoms with Crippen LogP contribution in [0.25, 0.3) is 10.8 Å². The van der Waals surface area contributed by atoms with Crippen molar-refractivity contribution >= 4 is 22.6 Å². The highest BCUT2D eigenvalue weighted by molar-refractivity contribution is 6.06. The highest BCUT2D eigenvalue weighted by Gasteiger charge is 2.12. The van der Waals surface area contributed by atoms with E-state index in [0.717, 1.165) is 5.39 Å². The number of nitrogens with one attached hydrogen (secondary N) is 1. The van der Waals surface area contributed by atoms with Crippen molar-refractivity contribution in [3.63, 3.8) is 0 Å². The fourth-order valence-corrected chi connectivity index (χ4v) is 1.84. The van der Waals surface area contributed by atoms with Gasteiger partial charge in [0.05, 0.1) is 5.56 Å². The maximum Gasteiger partial charge on any atom is 0.337 e. The Morgan fingerprint density at radius 3 is 2.68 bits per heavy atom. The largest absolute Gasteiger partial charge is 0.478 e. The summed E-state index contributed by atoms with van der Waals surface area (Å²) >= 11 is 0. The first-order valence-electron chi connectivity index (χ1n) is 6.09. The molecule has 1 unspecified atom stereocenters. The number of hydrogen-bond donors (Lipinski definition) is 3. The Morgan fingerprint density at radius 1 is 1.37 bits per heavy atom. The maximum absolute atomic E-state index is 11.1. The van der Waals surface area contributed by atoms with Crippen molar-refractivity contribution in [1.82, 2.24) is 4.98 Å². The van der Waals surface area contributed by atoms with E-state index >= 15 is 0 Å². The van der Waals surface area contributed by atoms with Gasteiger partial charge >= 0.3 is 5.97 Å². The summed E-state index contributed by atoms with van der Waals surface area (Å²) in [6.45, 7) is 2.60.